The van der Waals surface area contributed by atoms with Gasteiger partial charge in [-0.2, -0.15) is 13.2 Å². The van der Waals surface area contributed by atoms with Crippen LogP contribution in [0.25, 0.3) is 6.08 Å². The molecule has 1 fully saturated rings. The summed E-state index contributed by atoms with van der Waals surface area (Å²) in [5, 5.41) is 21.2. The molecule has 2 aliphatic rings. The minimum atomic E-state index is -4.64. The molecule has 2 aromatic carbocycles. The lowest BCUT2D eigenvalue weighted by Crippen LogP contribution is -2.50. The molecule has 1 saturated carbocycles. The Labute approximate surface area is 185 Å². The molecule has 7 heteroatoms. The average molecular weight is 449 g/mol. The van der Waals surface area contributed by atoms with E-state index < -0.39 is 11.8 Å². The highest BCUT2D eigenvalue weighted by molar-refractivity contribution is 5.89. The predicted molar refractivity (Wildman–Crippen MR) is 120 cm³/mol. The summed E-state index contributed by atoms with van der Waals surface area (Å²) in [5.41, 5.74) is 1.09. The van der Waals surface area contributed by atoms with Gasteiger partial charge in [0.2, 0.25) is 0 Å². The second-order valence-electron chi connectivity index (χ2n) is 8.12. The summed E-state index contributed by atoms with van der Waals surface area (Å²) in [5.74, 6) is -0.784. The lowest BCUT2D eigenvalue weighted by Gasteiger charge is -2.42. The van der Waals surface area contributed by atoms with Crippen LogP contribution in [-0.4, -0.2) is 23.1 Å². The summed E-state index contributed by atoms with van der Waals surface area (Å²) >= 11 is 0. The maximum absolute atomic E-state index is 13.4. The number of fused-ring (bicyclic) bond motifs is 3. The highest BCUT2D eigenvalue weighted by Crippen LogP contribution is 2.51. The van der Waals surface area contributed by atoms with Crippen molar-refractivity contribution < 1.29 is 22.7 Å². The summed E-state index contributed by atoms with van der Waals surface area (Å²) < 4.78 is 53.2. The van der Waals surface area contributed by atoms with Gasteiger partial charge in [-0.25, -0.2) is 4.39 Å². The second-order valence-corrected chi connectivity index (χ2v) is 8.12. The molecule has 172 valence electrons. The van der Waals surface area contributed by atoms with Crippen molar-refractivity contribution in [3.05, 3.63) is 65.0 Å². The molecule has 0 radical (unpaired) electrons. The molecule has 3 N–H and O–H groups in total. The molecule has 0 spiro atoms. The molecule has 0 heterocycles. The van der Waals surface area contributed by atoms with Crippen molar-refractivity contribution in [2.24, 2.45) is 5.92 Å². The Morgan fingerprint density at radius 1 is 1.16 bits per heavy atom. The number of hydrogen-bond acceptors (Lipinski definition) is 3. The van der Waals surface area contributed by atoms with Crippen LogP contribution in [0.3, 0.4) is 0 Å². The van der Waals surface area contributed by atoms with Crippen LogP contribution < -0.4 is 5.32 Å². The van der Waals surface area contributed by atoms with E-state index in [4.69, 9.17) is 5.41 Å². The predicted octanol–water partition coefficient (Wildman–Crippen LogP) is 7.19. The number of alkyl halides is 3. The van der Waals surface area contributed by atoms with Crippen LogP contribution >= 0.6 is 0 Å². The van der Waals surface area contributed by atoms with Gasteiger partial charge in [0.15, 0.2) is 5.60 Å². The zero-order valence-electron chi connectivity index (χ0n) is 18.1. The lowest BCUT2D eigenvalue weighted by atomic mass is 9.67. The van der Waals surface area contributed by atoms with Gasteiger partial charge in [-0.1, -0.05) is 26.0 Å². The maximum Gasteiger partial charge on any atom is 0.417 e. The molecule has 3 atom stereocenters. The topological polar surface area (TPSA) is 56.1 Å². The molecule has 2 unspecified atom stereocenters. The monoisotopic (exact) mass is 448 g/mol. The van der Waals surface area contributed by atoms with Gasteiger partial charge < -0.3 is 15.8 Å². The molecule has 3 nitrogen and oxygen atoms in total. The third-order valence-corrected chi connectivity index (χ3v) is 6.24. The fraction of sp³-hybridized carbons (Fsp3) is 0.400. The van der Waals surface area contributed by atoms with Gasteiger partial charge in [-0.15, -0.1) is 0 Å². The molecule has 0 aromatic heterocycles. The minimum Gasteiger partial charge on any atom is -0.380 e. The van der Waals surface area contributed by atoms with E-state index in [0.717, 1.165) is 11.1 Å². The molecule has 0 bridgehead atoms. The SMILES string of the molecule is CC.N=Cc1cc2c(cc1Nc1ccc(F)cc1)C=CCC1C[C@@](O)(C(F)(F)F)CCC21. The molecular formula is C25H28F4N2O. The first-order chi connectivity index (χ1) is 15.2. The van der Waals surface area contributed by atoms with Crippen molar-refractivity contribution in [1.29, 1.82) is 5.41 Å². The molecule has 4 rings (SSSR count). The Morgan fingerprint density at radius 2 is 1.84 bits per heavy atom. The minimum absolute atomic E-state index is 0.115. The Bertz CT molecular complexity index is 985. The number of anilines is 2. The van der Waals surface area contributed by atoms with Gasteiger partial charge in [0.05, 0.1) is 0 Å². The van der Waals surface area contributed by atoms with Crippen LogP contribution in [0.2, 0.25) is 0 Å². The van der Waals surface area contributed by atoms with Crippen LogP contribution in [0.5, 0.6) is 0 Å². The van der Waals surface area contributed by atoms with E-state index in [1.54, 1.807) is 12.1 Å². The molecule has 2 aliphatic carbocycles. The molecule has 0 saturated heterocycles. The number of benzene rings is 2. The van der Waals surface area contributed by atoms with E-state index in [0.29, 0.717) is 23.4 Å². The Kier molecular flexibility index (Phi) is 7.08. The van der Waals surface area contributed by atoms with Crippen LogP contribution in [0.4, 0.5) is 28.9 Å². The zero-order valence-corrected chi connectivity index (χ0v) is 18.1. The van der Waals surface area contributed by atoms with Gasteiger partial charge in [-0.3, -0.25) is 0 Å². The quantitative estimate of drug-likeness (QED) is 0.344. The third-order valence-electron chi connectivity index (χ3n) is 6.24. The van der Waals surface area contributed by atoms with Crippen LogP contribution in [0.15, 0.2) is 42.5 Å². The summed E-state index contributed by atoms with van der Waals surface area (Å²) in [6.45, 7) is 4.00. The maximum atomic E-state index is 13.4. The van der Waals surface area contributed by atoms with Crippen molar-refractivity contribution in [2.75, 3.05) is 5.32 Å². The highest BCUT2D eigenvalue weighted by Gasteiger charge is 2.57. The van der Waals surface area contributed by atoms with E-state index in [9.17, 15) is 22.7 Å². The van der Waals surface area contributed by atoms with E-state index in [2.05, 4.69) is 5.32 Å². The van der Waals surface area contributed by atoms with E-state index in [1.807, 2.05) is 38.1 Å². The highest BCUT2D eigenvalue weighted by atomic mass is 19.4. The molecule has 0 aliphatic heterocycles. The average Bonchev–Trinajstić information content (AvgIpc) is 2.93. The summed E-state index contributed by atoms with van der Waals surface area (Å²) in [6.07, 6.45) is 0.356. The molecule has 2 aromatic rings. The number of hydrogen-bond donors (Lipinski definition) is 3. The first kappa shape index (κ1) is 24.0. The van der Waals surface area contributed by atoms with Gasteiger partial charge in [0.1, 0.15) is 5.82 Å². The van der Waals surface area contributed by atoms with Crippen LogP contribution in [-0.2, 0) is 0 Å². The smallest absolute Gasteiger partial charge is 0.380 e. The van der Waals surface area contributed by atoms with Crippen molar-refractivity contribution in [1.82, 2.24) is 0 Å². The Morgan fingerprint density at radius 3 is 2.47 bits per heavy atom. The number of aliphatic hydroxyl groups is 1. The summed E-state index contributed by atoms with van der Waals surface area (Å²) in [6, 6.07) is 9.59. The summed E-state index contributed by atoms with van der Waals surface area (Å²) in [7, 11) is 0. The van der Waals surface area contributed by atoms with Crippen molar-refractivity contribution >= 4 is 23.7 Å². The van der Waals surface area contributed by atoms with E-state index in [1.165, 1.54) is 18.3 Å². The first-order valence-corrected chi connectivity index (χ1v) is 10.9. The number of halogens is 4. The fourth-order valence-corrected chi connectivity index (χ4v) is 4.62. The largest absolute Gasteiger partial charge is 0.417 e. The molecular weight excluding hydrogens is 420 g/mol. The zero-order chi connectivity index (χ0) is 23.5. The molecule has 0 amide bonds. The Balaban J connectivity index is 0.00000141. The van der Waals surface area contributed by atoms with Crippen LogP contribution in [0.1, 0.15) is 62.1 Å². The number of nitrogens with one attached hydrogen (secondary N) is 2. The van der Waals surface area contributed by atoms with Gasteiger partial charge in [0.25, 0.3) is 0 Å². The van der Waals surface area contributed by atoms with Crippen molar-refractivity contribution in [2.45, 2.75) is 57.2 Å². The number of rotatable bonds is 3. The third kappa shape index (κ3) is 4.72. The fourth-order valence-electron chi connectivity index (χ4n) is 4.62. The summed E-state index contributed by atoms with van der Waals surface area (Å²) in [4.78, 5) is 0. The Hall–Kier alpha value is -2.67. The van der Waals surface area contributed by atoms with Gasteiger partial charge in [0, 0.05) is 23.2 Å². The van der Waals surface area contributed by atoms with Crippen molar-refractivity contribution in [3.8, 4) is 0 Å². The first-order valence-electron chi connectivity index (χ1n) is 10.9. The standard InChI is InChI=1S/C23H22F4N2O.C2H6/c24-17-4-6-18(7-5-17)29-21-11-14-2-1-3-15-12-22(30,23(25,26)27)9-8-19(15)20(14)10-16(21)13-28;1-2/h1-2,4-7,10-11,13,15,19,28-30H,3,8-9,12H2;1-2H3/t15?,19?,22-;/m1./s1. The van der Waals surface area contributed by atoms with Gasteiger partial charge in [-0.05, 0) is 85.0 Å². The van der Waals surface area contributed by atoms with Crippen LogP contribution in [0, 0.1) is 17.1 Å². The lowest BCUT2D eigenvalue weighted by molar-refractivity contribution is -0.275. The second kappa shape index (κ2) is 9.45. The number of allylic oxidation sites excluding steroid dienone is 1. The van der Waals surface area contributed by atoms with Gasteiger partial charge >= 0.3 is 6.18 Å². The molecule has 32 heavy (non-hydrogen) atoms. The van der Waals surface area contributed by atoms with E-state index in [-0.39, 0.29) is 36.9 Å². The van der Waals surface area contributed by atoms with E-state index >= 15 is 0 Å². The normalized spacial score (nSPS) is 24.3. The van der Waals surface area contributed by atoms with Crippen molar-refractivity contribution in [3.63, 3.8) is 0 Å².